The first-order valence-electron chi connectivity index (χ1n) is 8.20. The molecule has 2 aliphatic rings. The highest BCUT2D eigenvalue weighted by atomic mass is 35.5. The number of carbonyl (C=O) groups is 1. The molecule has 2 aromatic rings. The van der Waals surface area contributed by atoms with Gasteiger partial charge in [0.2, 0.25) is 0 Å². The van der Waals surface area contributed by atoms with Gasteiger partial charge in [-0.25, -0.2) is 4.68 Å². The van der Waals surface area contributed by atoms with Crippen LogP contribution in [0.3, 0.4) is 0 Å². The lowest BCUT2D eigenvalue weighted by molar-refractivity contribution is 0.0783. The van der Waals surface area contributed by atoms with Gasteiger partial charge < -0.3 is 9.64 Å². The van der Waals surface area contributed by atoms with E-state index < -0.39 is 0 Å². The second kappa shape index (κ2) is 6.09. The number of halogens is 1. The van der Waals surface area contributed by atoms with Crippen LogP contribution in [0.2, 0.25) is 5.02 Å². The molecule has 1 aliphatic heterocycles. The zero-order valence-electron chi connectivity index (χ0n) is 13.5. The number of carbonyl (C=O) groups excluding carboxylic acids is 1. The van der Waals surface area contributed by atoms with Crippen molar-refractivity contribution in [1.29, 1.82) is 0 Å². The van der Waals surface area contributed by atoms with Crippen molar-refractivity contribution in [3.8, 4) is 5.75 Å². The Hall–Kier alpha value is -2.08. The van der Waals surface area contributed by atoms with Crippen LogP contribution < -0.4 is 4.74 Å². The molecule has 1 atom stereocenters. The number of ether oxygens (including phenoxy) is 1. The van der Waals surface area contributed by atoms with Gasteiger partial charge in [0.15, 0.2) is 0 Å². The van der Waals surface area contributed by atoms with Crippen molar-refractivity contribution < 1.29 is 9.53 Å². The first-order valence-corrected chi connectivity index (χ1v) is 8.58. The van der Waals surface area contributed by atoms with Crippen molar-refractivity contribution in [2.75, 3.05) is 20.2 Å². The summed E-state index contributed by atoms with van der Waals surface area (Å²) >= 11 is 6.04. The molecule has 0 radical (unpaired) electrons. The predicted molar refractivity (Wildman–Crippen MR) is 89.6 cm³/mol. The van der Waals surface area contributed by atoms with E-state index in [1.807, 2.05) is 15.8 Å². The summed E-state index contributed by atoms with van der Waals surface area (Å²) in [6.07, 6.45) is 5.34. The molecule has 0 unspecified atom stereocenters. The van der Waals surface area contributed by atoms with Crippen molar-refractivity contribution in [2.24, 2.45) is 0 Å². The Morgan fingerprint density at radius 2 is 2.17 bits per heavy atom. The van der Waals surface area contributed by atoms with Gasteiger partial charge in [-0.2, -0.15) is 0 Å². The van der Waals surface area contributed by atoms with Gasteiger partial charge >= 0.3 is 0 Å². The highest BCUT2D eigenvalue weighted by Crippen LogP contribution is 2.39. The minimum absolute atomic E-state index is 0.0561. The molecule has 126 valence electrons. The summed E-state index contributed by atoms with van der Waals surface area (Å²) in [5.74, 6) is 1.08. The predicted octanol–water partition coefficient (Wildman–Crippen LogP) is 2.90. The number of aromatic nitrogens is 3. The van der Waals surface area contributed by atoms with E-state index in [4.69, 9.17) is 16.3 Å². The van der Waals surface area contributed by atoms with Gasteiger partial charge in [-0.1, -0.05) is 16.8 Å². The number of hydrogen-bond donors (Lipinski definition) is 0. The fourth-order valence-electron chi connectivity index (χ4n) is 3.19. The minimum Gasteiger partial charge on any atom is -0.496 e. The Kier molecular flexibility index (Phi) is 3.92. The van der Waals surface area contributed by atoms with Crippen LogP contribution in [-0.4, -0.2) is 46.0 Å². The molecule has 6 nitrogen and oxygen atoms in total. The topological polar surface area (TPSA) is 60.2 Å². The van der Waals surface area contributed by atoms with Crippen LogP contribution in [-0.2, 0) is 0 Å². The van der Waals surface area contributed by atoms with Gasteiger partial charge in [0.05, 0.1) is 24.4 Å². The number of amides is 1. The average molecular weight is 347 g/mol. The number of rotatable bonds is 4. The smallest absolute Gasteiger partial charge is 0.257 e. The third kappa shape index (κ3) is 2.86. The summed E-state index contributed by atoms with van der Waals surface area (Å²) in [6.45, 7) is 1.32. The van der Waals surface area contributed by atoms with Crippen LogP contribution in [0.4, 0.5) is 0 Å². The molecule has 0 N–H and O–H groups in total. The number of likely N-dealkylation sites (tertiary alicyclic amines) is 1. The molecule has 1 saturated heterocycles. The molecule has 24 heavy (non-hydrogen) atoms. The Labute approximate surface area is 145 Å². The zero-order valence-corrected chi connectivity index (χ0v) is 14.2. The highest BCUT2D eigenvalue weighted by Gasteiger charge is 2.32. The Bertz CT molecular complexity index is 772. The van der Waals surface area contributed by atoms with Gasteiger partial charge in [-0.15, -0.1) is 5.10 Å². The molecule has 1 saturated carbocycles. The van der Waals surface area contributed by atoms with Gasteiger partial charge in [-0.3, -0.25) is 4.79 Å². The molecule has 4 rings (SSSR count). The maximum absolute atomic E-state index is 12.8. The normalized spacial score (nSPS) is 20.4. The molecule has 1 aromatic heterocycles. The Morgan fingerprint density at radius 1 is 1.33 bits per heavy atom. The molecule has 0 bridgehead atoms. The van der Waals surface area contributed by atoms with Crippen molar-refractivity contribution >= 4 is 17.5 Å². The summed E-state index contributed by atoms with van der Waals surface area (Å²) in [5, 5.41) is 9.05. The SMILES string of the molecule is COc1ccc(Cl)cc1C(=O)N1CC[C@H](n2cc(C3CC3)nn2)C1. The lowest BCUT2D eigenvalue weighted by atomic mass is 10.1. The van der Waals surface area contributed by atoms with Gasteiger partial charge in [0, 0.05) is 30.2 Å². The molecule has 1 aromatic carbocycles. The van der Waals surface area contributed by atoms with E-state index in [0.717, 1.165) is 12.1 Å². The van der Waals surface area contributed by atoms with Crippen molar-refractivity contribution in [3.63, 3.8) is 0 Å². The fourth-order valence-corrected chi connectivity index (χ4v) is 3.37. The molecule has 1 amide bonds. The van der Waals surface area contributed by atoms with Crippen LogP contribution in [0.15, 0.2) is 24.4 Å². The summed E-state index contributed by atoms with van der Waals surface area (Å²) in [4.78, 5) is 14.7. The number of benzene rings is 1. The Morgan fingerprint density at radius 3 is 2.92 bits per heavy atom. The van der Waals surface area contributed by atoms with Crippen LogP contribution in [0.1, 0.15) is 47.3 Å². The number of nitrogens with zero attached hydrogens (tertiary/aromatic N) is 4. The lowest BCUT2D eigenvalue weighted by Gasteiger charge is -2.18. The fraction of sp³-hybridized carbons (Fsp3) is 0.471. The highest BCUT2D eigenvalue weighted by molar-refractivity contribution is 6.31. The van der Waals surface area contributed by atoms with E-state index in [1.54, 1.807) is 25.3 Å². The van der Waals surface area contributed by atoms with Crippen LogP contribution in [0.25, 0.3) is 0 Å². The maximum atomic E-state index is 12.8. The largest absolute Gasteiger partial charge is 0.496 e. The van der Waals surface area contributed by atoms with E-state index in [2.05, 4.69) is 10.3 Å². The summed E-state index contributed by atoms with van der Waals surface area (Å²) < 4.78 is 7.21. The molecular formula is C17H19ClN4O2. The third-order valence-corrected chi connectivity index (χ3v) is 4.98. The average Bonchev–Trinajstić information content (AvgIpc) is 3.12. The monoisotopic (exact) mass is 346 g/mol. The molecule has 2 heterocycles. The van der Waals surface area contributed by atoms with E-state index >= 15 is 0 Å². The van der Waals surface area contributed by atoms with Crippen LogP contribution in [0, 0.1) is 0 Å². The summed E-state index contributed by atoms with van der Waals surface area (Å²) in [7, 11) is 1.56. The Balaban J connectivity index is 1.49. The number of hydrogen-bond acceptors (Lipinski definition) is 4. The van der Waals surface area contributed by atoms with E-state index in [9.17, 15) is 4.79 Å². The van der Waals surface area contributed by atoms with Crippen molar-refractivity contribution in [3.05, 3.63) is 40.7 Å². The molecule has 7 heteroatoms. The first kappa shape index (κ1) is 15.4. The third-order valence-electron chi connectivity index (χ3n) is 4.74. The zero-order chi connectivity index (χ0) is 16.7. The van der Waals surface area contributed by atoms with Crippen molar-refractivity contribution in [2.45, 2.75) is 31.2 Å². The van der Waals surface area contributed by atoms with E-state index in [1.165, 1.54) is 12.8 Å². The molecule has 1 aliphatic carbocycles. The summed E-state index contributed by atoms with van der Waals surface area (Å²) in [5.41, 5.74) is 1.58. The first-order chi connectivity index (χ1) is 11.7. The quantitative estimate of drug-likeness (QED) is 0.854. The second-order valence-corrected chi connectivity index (χ2v) is 6.87. The van der Waals surface area contributed by atoms with Crippen LogP contribution >= 0.6 is 11.6 Å². The maximum Gasteiger partial charge on any atom is 0.257 e. The number of methoxy groups -OCH3 is 1. The minimum atomic E-state index is -0.0561. The van der Waals surface area contributed by atoms with Crippen LogP contribution in [0.5, 0.6) is 5.75 Å². The molecular weight excluding hydrogens is 328 g/mol. The standard InChI is InChI=1S/C17H19ClN4O2/c1-24-16-5-4-12(18)8-14(16)17(23)21-7-6-13(9-21)22-10-15(19-20-22)11-2-3-11/h4-5,8,10-11,13H,2-3,6-7,9H2,1H3/t13-/m0/s1. The lowest BCUT2D eigenvalue weighted by Crippen LogP contribution is -2.29. The molecule has 0 spiro atoms. The van der Waals surface area contributed by atoms with Gasteiger partial charge in [0.1, 0.15) is 5.75 Å². The van der Waals surface area contributed by atoms with Crippen molar-refractivity contribution in [1.82, 2.24) is 19.9 Å². The van der Waals surface area contributed by atoms with E-state index in [-0.39, 0.29) is 11.9 Å². The summed E-state index contributed by atoms with van der Waals surface area (Å²) in [6, 6.07) is 5.29. The second-order valence-electron chi connectivity index (χ2n) is 6.44. The van der Waals surface area contributed by atoms with E-state index in [0.29, 0.717) is 35.3 Å². The van der Waals surface area contributed by atoms with Gasteiger partial charge in [0.25, 0.3) is 5.91 Å². The van der Waals surface area contributed by atoms with Gasteiger partial charge in [-0.05, 0) is 37.5 Å². The molecule has 2 fully saturated rings.